The van der Waals surface area contributed by atoms with Crippen molar-refractivity contribution >= 4 is 18.0 Å². The lowest BCUT2D eigenvalue weighted by Crippen LogP contribution is -2.41. The molecule has 0 saturated carbocycles. The predicted molar refractivity (Wildman–Crippen MR) is 107 cm³/mol. The number of carbonyl (C=O) groups excluding carboxylic acids is 2. The monoisotopic (exact) mass is 401 g/mol. The molecular formula is C21H24FN3O4. The van der Waals surface area contributed by atoms with Gasteiger partial charge in [-0.2, -0.15) is 5.10 Å². The van der Waals surface area contributed by atoms with Crippen LogP contribution in [0, 0.1) is 5.82 Å². The summed E-state index contributed by atoms with van der Waals surface area (Å²) in [4.78, 5) is 23.4. The van der Waals surface area contributed by atoms with Gasteiger partial charge in [0.2, 0.25) is 0 Å². The van der Waals surface area contributed by atoms with E-state index in [1.807, 2.05) is 6.92 Å². The van der Waals surface area contributed by atoms with Crippen molar-refractivity contribution in [2.45, 2.75) is 32.9 Å². The van der Waals surface area contributed by atoms with Gasteiger partial charge in [-0.25, -0.2) is 9.82 Å². The molecule has 0 aromatic heterocycles. The van der Waals surface area contributed by atoms with Crippen LogP contribution in [0.5, 0.6) is 11.5 Å². The standard InChI is InChI=1S/C21H24FN3O4/c1-4-14(2)24-20(26)21(27)25-23-12-15-8-9-18(19(11-15)28-3)29-13-16-6-5-7-17(22)10-16/h5-12,14H,4,13H2,1-3H3,(H,24,26)(H,25,27)/b23-12-/t14-/m0/s1. The maximum atomic E-state index is 13.2. The van der Waals surface area contributed by atoms with E-state index in [0.29, 0.717) is 22.6 Å². The molecule has 0 spiro atoms. The van der Waals surface area contributed by atoms with Gasteiger partial charge in [0.15, 0.2) is 11.5 Å². The average Bonchev–Trinajstić information content (AvgIpc) is 2.72. The largest absolute Gasteiger partial charge is 0.493 e. The molecule has 0 aliphatic rings. The first-order valence-corrected chi connectivity index (χ1v) is 9.12. The number of hydrogen-bond donors (Lipinski definition) is 2. The number of hydrazone groups is 1. The van der Waals surface area contributed by atoms with Crippen molar-refractivity contribution in [2.24, 2.45) is 5.10 Å². The summed E-state index contributed by atoms with van der Waals surface area (Å²) in [5, 5.41) is 6.33. The van der Waals surface area contributed by atoms with E-state index >= 15 is 0 Å². The minimum atomic E-state index is -0.844. The van der Waals surface area contributed by atoms with E-state index in [1.54, 1.807) is 37.3 Å². The molecule has 8 heteroatoms. The number of methoxy groups -OCH3 is 1. The van der Waals surface area contributed by atoms with E-state index in [1.165, 1.54) is 25.5 Å². The van der Waals surface area contributed by atoms with Crippen LogP contribution in [0.2, 0.25) is 0 Å². The second kappa shape index (κ2) is 10.8. The van der Waals surface area contributed by atoms with Crippen molar-refractivity contribution < 1.29 is 23.5 Å². The van der Waals surface area contributed by atoms with Crippen LogP contribution in [0.25, 0.3) is 0 Å². The first-order valence-electron chi connectivity index (χ1n) is 9.12. The number of benzene rings is 2. The summed E-state index contributed by atoms with van der Waals surface area (Å²) in [7, 11) is 1.49. The highest BCUT2D eigenvalue weighted by Crippen LogP contribution is 2.28. The quantitative estimate of drug-likeness (QED) is 0.404. The van der Waals surface area contributed by atoms with Crippen LogP contribution < -0.4 is 20.2 Å². The summed E-state index contributed by atoms with van der Waals surface area (Å²) < 4.78 is 24.2. The van der Waals surface area contributed by atoms with Crippen molar-refractivity contribution in [3.8, 4) is 11.5 Å². The first kappa shape index (κ1) is 21.9. The second-order valence-electron chi connectivity index (χ2n) is 6.31. The average molecular weight is 401 g/mol. The summed E-state index contributed by atoms with van der Waals surface area (Å²) in [6, 6.07) is 11.1. The molecule has 0 bridgehead atoms. The Morgan fingerprint density at radius 3 is 2.66 bits per heavy atom. The molecular weight excluding hydrogens is 377 g/mol. The van der Waals surface area contributed by atoms with Gasteiger partial charge in [0, 0.05) is 6.04 Å². The third-order valence-electron chi connectivity index (χ3n) is 4.05. The van der Waals surface area contributed by atoms with Crippen LogP contribution in [0.15, 0.2) is 47.6 Å². The number of carbonyl (C=O) groups is 2. The fraction of sp³-hybridized carbons (Fsp3) is 0.286. The number of nitrogens with one attached hydrogen (secondary N) is 2. The van der Waals surface area contributed by atoms with E-state index in [4.69, 9.17) is 9.47 Å². The SMILES string of the molecule is CC[C@H](C)NC(=O)C(=O)N/N=C\c1ccc(OCc2cccc(F)c2)c(OC)c1. The Balaban J connectivity index is 1.96. The van der Waals surface area contributed by atoms with Gasteiger partial charge < -0.3 is 14.8 Å². The molecule has 7 nitrogen and oxygen atoms in total. The zero-order valence-electron chi connectivity index (χ0n) is 16.6. The van der Waals surface area contributed by atoms with Crippen LogP contribution in [-0.2, 0) is 16.2 Å². The van der Waals surface area contributed by atoms with Crippen LogP contribution in [0.4, 0.5) is 4.39 Å². The second-order valence-corrected chi connectivity index (χ2v) is 6.31. The third-order valence-corrected chi connectivity index (χ3v) is 4.05. The van der Waals surface area contributed by atoms with Gasteiger partial charge in [-0.15, -0.1) is 0 Å². The lowest BCUT2D eigenvalue weighted by molar-refractivity contribution is -0.139. The van der Waals surface area contributed by atoms with E-state index < -0.39 is 11.8 Å². The molecule has 0 aliphatic heterocycles. The highest BCUT2D eigenvalue weighted by molar-refractivity contribution is 6.35. The highest BCUT2D eigenvalue weighted by Gasteiger charge is 2.14. The Morgan fingerprint density at radius 2 is 1.97 bits per heavy atom. The van der Waals surface area contributed by atoms with Crippen LogP contribution in [0.3, 0.4) is 0 Å². The van der Waals surface area contributed by atoms with Gasteiger partial charge in [-0.05, 0) is 54.8 Å². The summed E-state index contributed by atoms with van der Waals surface area (Å²) in [5.41, 5.74) is 3.49. The zero-order valence-corrected chi connectivity index (χ0v) is 16.6. The van der Waals surface area contributed by atoms with Gasteiger partial charge in [0.1, 0.15) is 12.4 Å². The molecule has 0 aliphatic carbocycles. The molecule has 2 rings (SSSR count). The van der Waals surface area contributed by atoms with Gasteiger partial charge in [0.25, 0.3) is 0 Å². The van der Waals surface area contributed by atoms with E-state index in [2.05, 4.69) is 15.8 Å². The molecule has 2 aromatic carbocycles. The number of amides is 2. The Hall–Kier alpha value is -3.42. The number of ether oxygens (including phenoxy) is 2. The molecule has 2 N–H and O–H groups in total. The molecule has 0 saturated heterocycles. The molecule has 2 amide bonds. The Labute approximate surface area is 168 Å². The first-order chi connectivity index (χ1) is 13.9. The molecule has 1 atom stereocenters. The third kappa shape index (κ3) is 6.91. The van der Waals surface area contributed by atoms with E-state index in [0.717, 1.165) is 6.42 Å². The smallest absolute Gasteiger partial charge is 0.329 e. The predicted octanol–water partition coefficient (Wildman–Crippen LogP) is 2.78. The fourth-order valence-corrected chi connectivity index (χ4v) is 2.28. The van der Waals surface area contributed by atoms with Crippen molar-refractivity contribution in [3.05, 3.63) is 59.4 Å². The summed E-state index contributed by atoms with van der Waals surface area (Å²) in [6.45, 7) is 3.89. The minimum Gasteiger partial charge on any atom is -0.493 e. The number of hydrogen-bond acceptors (Lipinski definition) is 5. The fourth-order valence-electron chi connectivity index (χ4n) is 2.28. The van der Waals surface area contributed by atoms with Gasteiger partial charge in [-0.3, -0.25) is 9.59 Å². The summed E-state index contributed by atoms with van der Waals surface area (Å²) >= 11 is 0. The Morgan fingerprint density at radius 1 is 1.17 bits per heavy atom. The van der Waals surface area contributed by atoms with Crippen molar-refractivity contribution in [1.82, 2.24) is 10.7 Å². The van der Waals surface area contributed by atoms with Crippen LogP contribution in [0.1, 0.15) is 31.4 Å². The van der Waals surface area contributed by atoms with Crippen LogP contribution in [-0.4, -0.2) is 31.2 Å². The number of halogens is 1. The number of rotatable bonds is 8. The maximum Gasteiger partial charge on any atom is 0.329 e. The molecule has 0 unspecified atom stereocenters. The van der Waals surface area contributed by atoms with Crippen molar-refractivity contribution in [1.29, 1.82) is 0 Å². The lowest BCUT2D eigenvalue weighted by atomic mass is 10.2. The summed E-state index contributed by atoms with van der Waals surface area (Å²) in [6.07, 6.45) is 2.10. The Kier molecular flexibility index (Phi) is 8.14. The molecule has 2 aromatic rings. The maximum absolute atomic E-state index is 13.2. The minimum absolute atomic E-state index is 0.0959. The molecule has 0 fully saturated rings. The molecule has 154 valence electrons. The van der Waals surface area contributed by atoms with Crippen molar-refractivity contribution in [3.63, 3.8) is 0 Å². The molecule has 0 heterocycles. The summed E-state index contributed by atoms with van der Waals surface area (Å²) in [5.74, 6) is -0.986. The van der Waals surface area contributed by atoms with Crippen LogP contribution >= 0.6 is 0 Å². The normalized spacial score (nSPS) is 11.7. The van der Waals surface area contributed by atoms with E-state index in [9.17, 15) is 14.0 Å². The number of nitrogens with zero attached hydrogens (tertiary/aromatic N) is 1. The van der Waals surface area contributed by atoms with Gasteiger partial charge in [0.05, 0.1) is 13.3 Å². The molecule has 0 radical (unpaired) electrons. The Bertz CT molecular complexity index is 886. The van der Waals surface area contributed by atoms with Gasteiger partial charge in [-0.1, -0.05) is 19.1 Å². The van der Waals surface area contributed by atoms with Gasteiger partial charge >= 0.3 is 11.8 Å². The van der Waals surface area contributed by atoms with Crippen molar-refractivity contribution in [2.75, 3.05) is 7.11 Å². The zero-order chi connectivity index (χ0) is 21.2. The highest BCUT2D eigenvalue weighted by atomic mass is 19.1. The van der Waals surface area contributed by atoms with E-state index in [-0.39, 0.29) is 18.5 Å². The lowest BCUT2D eigenvalue weighted by Gasteiger charge is -2.11. The molecule has 29 heavy (non-hydrogen) atoms. The topological polar surface area (TPSA) is 89.0 Å².